The lowest BCUT2D eigenvalue weighted by Gasteiger charge is -2.27. The molecule has 4 aromatic rings. The van der Waals surface area contributed by atoms with Gasteiger partial charge in [-0.15, -0.1) is 11.8 Å². The maximum absolute atomic E-state index is 4.92. The number of fused-ring (bicyclic) bond motifs is 1. The zero-order valence-corrected chi connectivity index (χ0v) is 18.3. The first kappa shape index (κ1) is 19.9. The van der Waals surface area contributed by atoms with Crippen molar-refractivity contribution in [2.24, 2.45) is 0 Å². The Morgan fingerprint density at radius 3 is 2.52 bits per heavy atom. The van der Waals surface area contributed by atoms with E-state index in [1.807, 2.05) is 24.4 Å². The molecule has 31 heavy (non-hydrogen) atoms. The molecule has 0 fully saturated rings. The maximum Gasteiger partial charge on any atom is 0.159 e. The van der Waals surface area contributed by atoms with Gasteiger partial charge in [-0.2, -0.15) is 0 Å². The highest BCUT2D eigenvalue weighted by molar-refractivity contribution is 7.98. The van der Waals surface area contributed by atoms with Crippen molar-refractivity contribution in [1.82, 2.24) is 19.9 Å². The van der Waals surface area contributed by atoms with Crippen LogP contribution in [-0.2, 0) is 19.5 Å². The van der Waals surface area contributed by atoms with Crippen LogP contribution in [0.2, 0.25) is 0 Å². The first-order valence-electron chi connectivity index (χ1n) is 10.5. The van der Waals surface area contributed by atoms with Crippen LogP contribution in [0.4, 0.5) is 0 Å². The molecular weight excluding hydrogens is 400 g/mol. The number of hydrogen-bond acceptors (Lipinski definition) is 5. The molecule has 0 amide bonds. The Morgan fingerprint density at radius 1 is 0.871 bits per heavy atom. The van der Waals surface area contributed by atoms with Crippen molar-refractivity contribution in [1.29, 1.82) is 0 Å². The molecule has 3 heterocycles. The molecule has 0 radical (unpaired) electrons. The summed E-state index contributed by atoms with van der Waals surface area (Å²) in [7, 11) is 0. The molecule has 0 bridgehead atoms. The SMILES string of the molecule is CSc1ccc(-c2cccc(CN3CCc4nc(-c5ccccc5)ncc4C3)n2)cc1. The molecule has 0 unspecified atom stereocenters. The zero-order valence-electron chi connectivity index (χ0n) is 17.5. The summed E-state index contributed by atoms with van der Waals surface area (Å²) in [6, 6.07) is 25.1. The maximum atomic E-state index is 4.92. The second-order valence-electron chi connectivity index (χ2n) is 7.73. The summed E-state index contributed by atoms with van der Waals surface area (Å²) >= 11 is 1.76. The van der Waals surface area contributed by atoms with Crippen molar-refractivity contribution >= 4 is 11.8 Å². The van der Waals surface area contributed by atoms with E-state index in [9.17, 15) is 0 Å². The molecule has 0 atom stereocenters. The van der Waals surface area contributed by atoms with Gasteiger partial charge in [0.2, 0.25) is 0 Å². The van der Waals surface area contributed by atoms with Gasteiger partial charge >= 0.3 is 0 Å². The predicted octanol–water partition coefficient (Wildman–Crippen LogP) is 5.49. The molecule has 1 aliphatic heterocycles. The minimum absolute atomic E-state index is 0.814. The van der Waals surface area contributed by atoms with Crippen LogP contribution in [0.15, 0.2) is 83.9 Å². The van der Waals surface area contributed by atoms with Gasteiger partial charge in [-0.1, -0.05) is 48.5 Å². The van der Waals surface area contributed by atoms with Crippen LogP contribution in [0, 0.1) is 0 Å². The zero-order chi connectivity index (χ0) is 21.0. The number of nitrogens with zero attached hydrogens (tertiary/aromatic N) is 4. The fourth-order valence-corrected chi connectivity index (χ4v) is 4.36. The summed E-state index contributed by atoms with van der Waals surface area (Å²) in [4.78, 5) is 18.1. The highest BCUT2D eigenvalue weighted by atomic mass is 32.2. The van der Waals surface area contributed by atoms with Gasteiger partial charge in [0.1, 0.15) is 0 Å². The fourth-order valence-electron chi connectivity index (χ4n) is 3.96. The van der Waals surface area contributed by atoms with Crippen LogP contribution < -0.4 is 0 Å². The molecule has 5 rings (SSSR count). The van der Waals surface area contributed by atoms with Crippen molar-refractivity contribution in [2.75, 3.05) is 12.8 Å². The van der Waals surface area contributed by atoms with E-state index in [0.29, 0.717) is 0 Å². The summed E-state index contributed by atoms with van der Waals surface area (Å²) in [5.41, 5.74) is 6.73. The van der Waals surface area contributed by atoms with Crippen LogP contribution in [0.25, 0.3) is 22.6 Å². The first-order valence-corrected chi connectivity index (χ1v) is 11.7. The Labute approximate surface area is 187 Å². The Kier molecular flexibility index (Phi) is 5.78. The molecule has 0 spiro atoms. The van der Waals surface area contributed by atoms with Crippen molar-refractivity contribution in [3.63, 3.8) is 0 Å². The summed E-state index contributed by atoms with van der Waals surface area (Å²) in [5.74, 6) is 0.814. The van der Waals surface area contributed by atoms with Crippen molar-refractivity contribution < 1.29 is 0 Å². The van der Waals surface area contributed by atoms with Gasteiger partial charge in [-0.25, -0.2) is 9.97 Å². The van der Waals surface area contributed by atoms with Gasteiger partial charge in [0.25, 0.3) is 0 Å². The Balaban J connectivity index is 1.30. The van der Waals surface area contributed by atoms with Crippen LogP contribution in [0.1, 0.15) is 17.0 Å². The second kappa shape index (κ2) is 9.00. The largest absolute Gasteiger partial charge is 0.293 e. The van der Waals surface area contributed by atoms with Gasteiger partial charge in [0.15, 0.2) is 5.82 Å². The van der Waals surface area contributed by atoms with Crippen LogP contribution in [-0.4, -0.2) is 32.7 Å². The number of rotatable bonds is 5. The lowest BCUT2D eigenvalue weighted by atomic mass is 10.1. The summed E-state index contributed by atoms with van der Waals surface area (Å²) in [5, 5.41) is 0. The summed E-state index contributed by atoms with van der Waals surface area (Å²) in [6.07, 6.45) is 5.03. The Hall–Kier alpha value is -3.02. The molecule has 0 aliphatic carbocycles. The lowest BCUT2D eigenvalue weighted by Crippen LogP contribution is -2.31. The smallest absolute Gasteiger partial charge is 0.159 e. The van der Waals surface area contributed by atoms with E-state index in [1.54, 1.807) is 11.8 Å². The average Bonchev–Trinajstić information content (AvgIpc) is 2.84. The molecule has 1 aliphatic rings. The van der Waals surface area contributed by atoms with Crippen molar-refractivity contribution in [2.45, 2.75) is 24.4 Å². The van der Waals surface area contributed by atoms with Crippen LogP contribution in [0.5, 0.6) is 0 Å². The topological polar surface area (TPSA) is 41.9 Å². The van der Waals surface area contributed by atoms with E-state index in [2.05, 4.69) is 70.7 Å². The average molecular weight is 425 g/mol. The minimum Gasteiger partial charge on any atom is -0.293 e. The highest BCUT2D eigenvalue weighted by Gasteiger charge is 2.19. The monoisotopic (exact) mass is 424 g/mol. The van der Waals surface area contributed by atoms with Crippen molar-refractivity contribution in [3.8, 4) is 22.6 Å². The van der Waals surface area contributed by atoms with Gasteiger partial charge in [-0.05, 0) is 30.5 Å². The lowest BCUT2D eigenvalue weighted by molar-refractivity contribution is 0.240. The van der Waals surface area contributed by atoms with Crippen molar-refractivity contribution in [3.05, 3.63) is 95.9 Å². The third-order valence-corrected chi connectivity index (χ3v) is 6.37. The fraction of sp³-hybridized carbons (Fsp3) is 0.192. The third kappa shape index (κ3) is 4.53. The minimum atomic E-state index is 0.814. The molecule has 2 aromatic heterocycles. The number of aromatic nitrogens is 3. The molecule has 4 nitrogen and oxygen atoms in total. The van der Waals surface area contributed by atoms with E-state index in [0.717, 1.165) is 54.4 Å². The quantitative estimate of drug-likeness (QED) is 0.397. The number of pyridine rings is 1. The first-order chi connectivity index (χ1) is 15.3. The molecule has 2 aromatic carbocycles. The molecule has 0 saturated heterocycles. The van der Waals surface area contributed by atoms with E-state index in [-0.39, 0.29) is 0 Å². The van der Waals surface area contributed by atoms with Crippen LogP contribution in [0.3, 0.4) is 0 Å². The van der Waals surface area contributed by atoms with E-state index >= 15 is 0 Å². The van der Waals surface area contributed by atoms with Gasteiger partial charge in [0, 0.05) is 53.8 Å². The highest BCUT2D eigenvalue weighted by Crippen LogP contribution is 2.24. The second-order valence-corrected chi connectivity index (χ2v) is 8.61. The molecular formula is C26H24N4S. The van der Waals surface area contributed by atoms with Gasteiger partial charge in [-0.3, -0.25) is 9.88 Å². The summed E-state index contributed by atoms with van der Waals surface area (Å²) in [6.45, 7) is 2.67. The number of hydrogen-bond donors (Lipinski definition) is 0. The standard InChI is InChI=1S/C26H24N4S/c1-31-23-12-10-19(11-13-23)24-9-5-8-22(28-24)18-30-15-14-25-21(17-30)16-27-26(29-25)20-6-3-2-4-7-20/h2-13,16H,14-15,17-18H2,1H3. The van der Waals surface area contributed by atoms with E-state index < -0.39 is 0 Å². The predicted molar refractivity (Wildman–Crippen MR) is 127 cm³/mol. The molecule has 154 valence electrons. The number of benzene rings is 2. The molecule has 5 heteroatoms. The normalized spacial score (nSPS) is 13.7. The van der Waals surface area contributed by atoms with Gasteiger partial charge < -0.3 is 0 Å². The van der Waals surface area contributed by atoms with E-state index in [4.69, 9.17) is 9.97 Å². The third-order valence-electron chi connectivity index (χ3n) is 5.62. The van der Waals surface area contributed by atoms with E-state index in [1.165, 1.54) is 16.2 Å². The van der Waals surface area contributed by atoms with Crippen LogP contribution >= 0.6 is 11.8 Å². The summed E-state index contributed by atoms with van der Waals surface area (Å²) < 4.78 is 0. The Morgan fingerprint density at radius 2 is 1.71 bits per heavy atom. The molecule has 0 saturated carbocycles. The van der Waals surface area contributed by atoms with Gasteiger partial charge in [0.05, 0.1) is 17.1 Å². The number of thioether (sulfide) groups is 1. The molecule has 0 N–H and O–H groups in total. The Bertz CT molecular complexity index is 1180.